The van der Waals surface area contributed by atoms with Gasteiger partial charge in [0.25, 0.3) is 0 Å². The molecule has 2 aromatic rings. The van der Waals surface area contributed by atoms with Gasteiger partial charge in [-0.3, -0.25) is 4.68 Å². The second-order valence-corrected chi connectivity index (χ2v) is 5.93. The van der Waals surface area contributed by atoms with Crippen molar-refractivity contribution < 1.29 is 0 Å². The summed E-state index contributed by atoms with van der Waals surface area (Å²) in [4.78, 5) is 0. The predicted molar refractivity (Wildman–Crippen MR) is 85.1 cm³/mol. The first kappa shape index (κ1) is 15.1. The van der Waals surface area contributed by atoms with Crippen LogP contribution in [-0.2, 0) is 13.6 Å². The maximum atomic E-state index is 6.47. The van der Waals surface area contributed by atoms with Crippen molar-refractivity contribution in [2.75, 3.05) is 0 Å². The topological polar surface area (TPSA) is 29.9 Å². The average molecular weight is 292 g/mol. The zero-order chi connectivity index (χ0) is 14.9. The molecule has 0 fully saturated rings. The molecule has 0 bridgehead atoms. The molecule has 0 aliphatic rings. The summed E-state index contributed by atoms with van der Waals surface area (Å²) in [5.74, 6) is 0. The van der Waals surface area contributed by atoms with E-state index in [1.54, 1.807) is 0 Å². The van der Waals surface area contributed by atoms with Crippen LogP contribution in [0.5, 0.6) is 0 Å². The van der Waals surface area contributed by atoms with Crippen molar-refractivity contribution in [1.82, 2.24) is 15.1 Å². The van der Waals surface area contributed by atoms with Gasteiger partial charge < -0.3 is 5.32 Å². The maximum Gasteiger partial charge on any atom is 0.0675 e. The Balaban J connectivity index is 2.34. The number of hydrogen-bond acceptors (Lipinski definition) is 2. The molecule has 108 valence electrons. The van der Waals surface area contributed by atoms with E-state index >= 15 is 0 Å². The molecule has 0 aliphatic heterocycles. The normalized spacial score (nSPS) is 11.3. The SMILES string of the molecule is Cc1nn(C)c(C)c1-c1ccc(CNC(C)C)cc1Cl. The lowest BCUT2D eigenvalue weighted by atomic mass is 10.0. The molecular weight excluding hydrogens is 270 g/mol. The van der Waals surface area contributed by atoms with Crippen molar-refractivity contribution in [2.24, 2.45) is 7.05 Å². The summed E-state index contributed by atoms with van der Waals surface area (Å²) in [5.41, 5.74) is 5.55. The standard InChI is InChI=1S/C16H22ClN3/c1-10(2)18-9-13-6-7-14(15(17)8-13)16-11(3)19-20(5)12(16)4/h6-8,10,18H,9H2,1-5H3. The third-order valence-corrected chi connectivity index (χ3v) is 3.84. The van der Waals surface area contributed by atoms with E-state index in [0.717, 1.165) is 34.1 Å². The largest absolute Gasteiger partial charge is 0.310 e. The van der Waals surface area contributed by atoms with Crippen LogP contribution >= 0.6 is 11.6 Å². The highest BCUT2D eigenvalue weighted by atomic mass is 35.5. The molecule has 1 aromatic carbocycles. The van der Waals surface area contributed by atoms with Gasteiger partial charge in [-0.1, -0.05) is 37.6 Å². The van der Waals surface area contributed by atoms with Gasteiger partial charge in [0, 0.05) is 41.5 Å². The van der Waals surface area contributed by atoms with E-state index in [4.69, 9.17) is 11.6 Å². The summed E-state index contributed by atoms with van der Waals surface area (Å²) in [6, 6.07) is 6.73. The Morgan fingerprint density at radius 1 is 1.30 bits per heavy atom. The number of benzene rings is 1. The molecular formula is C16H22ClN3. The smallest absolute Gasteiger partial charge is 0.0675 e. The van der Waals surface area contributed by atoms with Gasteiger partial charge in [0.1, 0.15) is 0 Å². The molecule has 0 saturated carbocycles. The fourth-order valence-corrected chi connectivity index (χ4v) is 2.65. The molecule has 0 atom stereocenters. The second-order valence-electron chi connectivity index (χ2n) is 5.52. The Morgan fingerprint density at radius 2 is 2.00 bits per heavy atom. The van der Waals surface area contributed by atoms with Gasteiger partial charge in [0.05, 0.1) is 5.69 Å². The van der Waals surface area contributed by atoms with Crippen LogP contribution in [0.4, 0.5) is 0 Å². The summed E-state index contributed by atoms with van der Waals surface area (Å²) in [5, 5.41) is 8.64. The predicted octanol–water partition coefficient (Wildman–Crippen LogP) is 3.86. The lowest BCUT2D eigenvalue weighted by molar-refractivity contribution is 0.589. The van der Waals surface area contributed by atoms with Gasteiger partial charge >= 0.3 is 0 Å². The van der Waals surface area contributed by atoms with Crippen molar-refractivity contribution >= 4 is 11.6 Å². The quantitative estimate of drug-likeness (QED) is 0.927. The summed E-state index contributed by atoms with van der Waals surface area (Å²) in [7, 11) is 1.96. The number of nitrogens with zero attached hydrogens (tertiary/aromatic N) is 2. The van der Waals surface area contributed by atoms with Crippen molar-refractivity contribution in [1.29, 1.82) is 0 Å². The van der Waals surface area contributed by atoms with Gasteiger partial charge in [-0.15, -0.1) is 0 Å². The highest BCUT2D eigenvalue weighted by Crippen LogP contribution is 2.33. The minimum atomic E-state index is 0.469. The van der Waals surface area contributed by atoms with Crippen molar-refractivity contribution in [3.63, 3.8) is 0 Å². The first-order valence-electron chi connectivity index (χ1n) is 6.92. The molecule has 2 rings (SSSR count). The fraction of sp³-hybridized carbons (Fsp3) is 0.438. The number of nitrogens with one attached hydrogen (secondary N) is 1. The van der Waals surface area contributed by atoms with E-state index in [-0.39, 0.29) is 0 Å². The van der Waals surface area contributed by atoms with Crippen LogP contribution < -0.4 is 5.32 Å². The number of rotatable bonds is 4. The minimum Gasteiger partial charge on any atom is -0.310 e. The molecule has 0 spiro atoms. The molecule has 0 amide bonds. The third-order valence-electron chi connectivity index (χ3n) is 3.53. The van der Waals surface area contributed by atoms with E-state index in [1.165, 1.54) is 5.56 Å². The molecule has 4 heteroatoms. The van der Waals surface area contributed by atoms with Gasteiger partial charge in [0.2, 0.25) is 0 Å². The number of aromatic nitrogens is 2. The van der Waals surface area contributed by atoms with E-state index in [9.17, 15) is 0 Å². The molecule has 0 saturated heterocycles. The lowest BCUT2D eigenvalue weighted by Gasteiger charge is -2.11. The Kier molecular flexibility index (Phi) is 4.51. The van der Waals surface area contributed by atoms with E-state index in [1.807, 2.05) is 24.7 Å². The zero-order valence-corrected chi connectivity index (χ0v) is 13.5. The number of halogens is 1. The fourth-order valence-electron chi connectivity index (χ4n) is 2.36. The molecule has 1 N–H and O–H groups in total. The molecule has 3 nitrogen and oxygen atoms in total. The van der Waals surface area contributed by atoms with Crippen molar-refractivity contribution in [3.8, 4) is 11.1 Å². The molecule has 1 heterocycles. The van der Waals surface area contributed by atoms with Crippen molar-refractivity contribution in [2.45, 2.75) is 40.3 Å². The lowest BCUT2D eigenvalue weighted by Crippen LogP contribution is -2.21. The van der Waals surface area contributed by atoms with E-state index in [0.29, 0.717) is 6.04 Å². The highest BCUT2D eigenvalue weighted by molar-refractivity contribution is 6.33. The monoisotopic (exact) mass is 291 g/mol. The first-order valence-corrected chi connectivity index (χ1v) is 7.30. The second kappa shape index (κ2) is 5.98. The number of aryl methyl sites for hydroxylation is 2. The summed E-state index contributed by atoms with van der Waals surface area (Å²) < 4.78 is 1.90. The van der Waals surface area contributed by atoms with Gasteiger partial charge in [0.15, 0.2) is 0 Å². The summed E-state index contributed by atoms with van der Waals surface area (Å²) >= 11 is 6.47. The zero-order valence-electron chi connectivity index (χ0n) is 12.8. The van der Waals surface area contributed by atoms with E-state index < -0.39 is 0 Å². The Labute approximate surface area is 126 Å². The first-order chi connectivity index (χ1) is 9.40. The van der Waals surface area contributed by atoms with Crippen molar-refractivity contribution in [3.05, 3.63) is 40.2 Å². The average Bonchev–Trinajstić information content (AvgIpc) is 2.62. The van der Waals surface area contributed by atoms with Gasteiger partial charge in [-0.25, -0.2) is 0 Å². The van der Waals surface area contributed by atoms with E-state index in [2.05, 4.69) is 43.3 Å². The minimum absolute atomic E-state index is 0.469. The Bertz CT molecular complexity index is 614. The molecule has 0 radical (unpaired) electrons. The van der Waals surface area contributed by atoms with Gasteiger partial charge in [-0.2, -0.15) is 5.10 Å². The Hall–Kier alpha value is -1.32. The summed E-state index contributed by atoms with van der Waals surface area (Å²) in [6.45, 7) is 9.20. The molecule has 1 aromatic heterocycles. The number of hydrogen-bond donors (Lipinski definition) is 1. The van der Waals surface area contributed by atoms with Crippen LogP contribution in [0.1, 0.15) is 30.8 Å². The van der Waals surface area contributed by atoms with Crippen LogP contribution in [-0.4, -0.2) is 15.8 Å². The maximum absolute atomic E-state index is 6.47. The molecule has 0 unspecified atom stereocenters. The third kappa shape index (κ3) is 3.05. The van der Waals surface area contributed by atoms with Crippen LogP contribution in [0.15, 0.2) is 18.2 Å². The molecule has 0 aliphatic carbocycles. The van der Waals surface area contributed by atoms with Crippen LogP contribution in [0.3, 0.4) is 0 Å². The molecule has 20 heavy (non-hydrogen) atoms. The van der Waals surface area contributed by atoms with Crippen LogP contribution in [0.2, 0.25) is 5.02 Å². The van der Waals surface area contributed by atoms with Crippen LogP contribution in [0.25, 0.3) is 11.1 Å². The summed E-state index contributed by atoms with van der Waals surface area (Å²) in [6.07, 6.45) is 0. The highest BCUT2D eigenvalue weighted by Gasteiger charge is 2.14. The van der Waals surface area contributed by atoms with Gasteiger partial charge in [-0.05, 0) is 25.5 Å². The van der Waals surface area contributed by atoms with Crippen LogP contribution in [0, 0.1) is 13.8 Å². The Morgan fingerprint density at radius 3 is 2.50 bits per heavy atom.